The van der Waals surface area contributed by atoms with E-state index in [1.54, 1.807) is 27.4 Å². The summed E-state index contributed by atoms with van der Waals surface area (Å²) >= 11 is 0. The van der Waals surface area contributed by atoms with Crippen molar-refractivity contribution in [3.05, 3.63) is 120 Å². The van der Waals surface area contributed by atoms with Crippen LogP contribution in [-0.2, 0) is 13.1 Å². The van der Waals surface area contributed by atoms with Crippen LogP contribution in [0.15, 0.2) is 97.3 Å². The van der Waals surface area contributed by atoms with E-state index < -0.39 is 0 Å². The third kappa shape index (κ3) is 7.55. The lowest BCUT2D eigenvalue weighted by Crippen LogP contribution is -2.44. The number of methoxy groups -OCH3 is 3. The molecule has 0 amide bonds. The number of hydrogen-bond acceptors (Lipinski definition) is 7. The molecule has 3 aromatic carbocycles. The Morgan fingerprint density at radius 2 is 1.45 bits per heavy atom. The minimum Gasteiger partial charge on any atom is -0.497 e. The summed E-state index contributed by atoms with van der Waals surface area (Å²) in [7, 11) is 5.11. The molecule has 252 valence electrons. The molecule has 5 aromatic rings. The Morgan fingerprint density at radius 1 is 0.735 bits per heavy atom. The number of aromatic nitrogens is 2. The normalized spacial score (nSPS) is 15.2. The van der Waals surface area contributed by atoms with Crippen LogP contribution in [0, 0.1) is 5.82 Å². The van der Waals surface area contributed by atoms with Crippen LogP contribution in [-0.4, -0.2) is 55.3 Å². The average molecular weight is 659 g/mol. The maximum atomic E-state index is 13.9. The summed E-state index contributed by atoms with van der Waals surface area (Å²) in [6, 6.07) is 28.1. The second-order valence-electron chi connectivity index (χ2n) is 13.0. The molecule has 8 heteroatoms. The Kier molecular flexibility index (Phi) is 9.75. The predicted octanol–water partition coefficient (Wildman–Crippen LogP) is 8.52. The molecule has 49 heavy (non-hydrogen) atoms. The highest BCUT2D eigenvalue weighted by Crippen LogP contribution is 2.49. The highest BCUT2D eigenvalue weighted by molar-refractivity contribution is 5.68. The summed E-state index contributed by atoms with van der Waals surface area (Å²) in [5.74, 6) is 2.69. The number of pyridine rings is 2. The van der Waals surface area contributed by atoms with Gasteiger partial charge in [0.1, 0.15) is 11.6 Å². The average Bonchev–Trinajstić information content (AvgIpc) is 4.00. The van der Waals surface area contributed by atoms with E-state index in [4.69, 9.17) is 19.2 Å². The molecule has 3 heterocycles. The fourth-order valence-corrected chi connectivity index (χ4v) is 7.00. The van der Waals surface area contributed by atoms with E-state index in [0.717, 1.165) is 78.8 Å². The number of likely N-dealkylation sites (tertiary alicyclic amines) is 1. The number of halogens is 1. The zero-order valence-electron chi connectivity index (χ0n) is 28.4. The summed E-state index contributed by atoms with van der Waals surface area (Å²) in [5, 5.41) is 0. The molecule has 0 N–H and O–H groups in total. The van der Waals surface area contributed by atoms with Crippen molar-refractivity contribution in [3.8, 4) is 39.8 Å². The van der Waals surface area contributed by atoms with Crippen molar-refractivity contribution in [1.82, 2.24) is 14.9 Å². The van der Waals surface area contributed by atoms with Crippen LogP contribution in [0.4, 0.5) is 10.1 Å². The Balaban J connectivity index is 1.09. The lowest BCUT2D eigenvalue weighted by Gasteiger charge is -2.40. The monoisotopic (exact) mass is 658 g/mol. The van der Waals surface area contributed by atoms with E-state index in [0.29, 0.717) is 12.0 Å². The van der Waals surface area contributed by atoms with Gasteiger partial charge in [0, 0.05) is 67.0 Å². The van der Waals surface area contributed by atoms with E-state index in [-0.39, 0.29) is 5.82 Å². The Morgan fingerprint density at radius 3 is 2.12 bits per heavy atom. The van der Waals surface area contributed by atoms with Crippen LogP contribution in [0.25, 0.3) is 22.5 Å². The van der Waals surface area contributed by atoms with Crippen molar-refractivity contribution < 1.29 is 18.6 Å². The first-order chi connectivity index (χ1) is 24.0. The van der Waals surface area contributed by atoms with Crippen LogP contribution in [0.3, 0.4) is 0 Å². The minimum atomic E-state index is -0.250. The summed E-state index contributed by atoms with van der Waals surface area (Å²) < 4.78 is 30.9. The Hall–Kier alpha value is -4.95. The zero-order valence-corrected chi connectivity index (χ0v) is 28.4. The first-order valence-electron chi connectivity index (χ1n) is 17.1. The molecular weight excluding hydrogens is 615 g/mol. The van der Waals surface area contributed by atoms with Gasteiger partial charge in [-0.3, -0.25) is 14.9 Å². The maximum absolute atomic E-state index is 13.9. The lowest BCUT2D eigenvalue weighted by molar-refractivity contribution is 0.201. The third-order valence-electron chi connectivity index (χ3n) is 9.75. The first-order valence-corrected chi connectivity index (χ1v) is 17.1. The topological polar surface area (TPSA) is 60.0 Å². The van der Waals surface area contributed by atoms with E-state index in [2.05, 4.69) is 57.2 Å². The smallest absolute Gasteiger partial charge is 0.164 e. The van der Waals surface area contributed by atoms with Crippen molar-refractivity contribution in [1.29, 1.82) is 0 Å². The molecule has 0 radical (unpaired) electrons. The molecule has 0 unspecified atom stereocenters. The maximum Gasteiger partial charge on any atom is 0.164 e. The highest BCUT2D eigenvalue weighted by atomic mass is 19.1. The molecule has 0 bridgehead atoms. The van der Waals surface area contributed by atoms with E-state index in [1.807, 2.05) is 36.7 Å². The fourth-order valence-electron chi connectivity index (χ4n) is 7.00. The van der Waals surface area contributed by atoms with E-state index in [1.165, 1.54) is 47.4 Å². The summed E-state index contributed by atoms with van der Waals surface area (Å²) in [6.45, 7) is 3.55. The van der Waals surface area contributed by atoms with Crippen LogP contribution in [0.5, 0.6) is 17.2 Å². The van der Waals surface area contributed by atoms with Gasteiger partial charge in [0.15, 0.2) is 11.5 Å². The van der Waals surface area contributed by atoms with Gasteiger partial charge in [-0.1, -0.05) is 12.1 Å². The number of anilines is 1. The van der Waals surface area contributed by atoms with Crippen LogP contribution in [0.1, 0.15) is 48.3 Å². The van der Waals surface area contributed by atoms with E-state index in [9.17, 15) is 4.39 Å². The fraction of sp³-hybridized carbons (Fsp3) is 0.317. The van der Waals surface area contributed by atoms with Gasteiger partial charge in [-0.15, -0.1) is 0 Å². The standard InChI is InChI=1S/C41H43FN4O3/c1-47-36-11-9-34(10-12-36)46(27-29-14-18-44-39(22-29)32-24-37(30-7-8-30)41(49-3)40(25-32)48-2)35-15-19-45(20-16-35)26-28-13-17-43-38(21-28)31-5-4-6-33(42)23-31/h4-6,9-14,17-18,21-25,30,35H,7-8,15-16,19-20,26-27H2,1-3H3. The van der Waals surface area contributed by atoms with Crippen molar-refractivity contribution in [2.75, 3.05) is 39.3 Å². The number of benzene rings is 3. The van der Waals surface area contributed by atoms with Crippen molar-refractivity contribution >= 4 is 5.69 Å². The van der Waals surface area contributed by atoms with Gasteiger partial charge in [-0.2, -0.15) is 0 Å². The largest absolute Gasteiger partial charge is 0.497 e. The second kappa shape index (κ2) is 14.7. The molecule has 1 saturated carbocycles. The molecule has 1 saturated heterocycles. The predicted molar refractivity (Wildman–Crippen MR) is 192 cm³/mol. The third-order valence-corrected chi connectivity index (χ3v) is 9.75. The first kappa shape index (κ1) is 32.6. The van der Waals surface area contributed by atoms with Crippen LogP contribution < -0.4 is 19.1 Å². The van der Waals surface area contributed by atoms with Gasteiger partial charge in [-0.25, -0.2) is 4.39 Å². The molecule has 2 fully saturated rings. The number of ether oxygens (including phenoxy) is 3. The second-order valence-corrected chi connectivity index (χ2v) is 13.0. The zero-order chi connectivity index (χ0) is 33.7. The summed E-state index contributed by atoms with van der Waals surface area (Å²) in [4.78, 5) is 14.3. The van der Waals surface area contributed by atoms with Gasteiger partial charge < -0.3 is 19.1 Å². The number of rotatable bonds is 12. The molecule has 1 aliphatic heterocycles. The molecule has 2 aromatic heterocycles. The van der Waals surface area contributed by atoms with Gasteiger partial charge >= 0.3 is 0 Å². The lowest BCUT2D eigenvalue weighted by atomic mass is 9.99. The molecule has 0 spiro atoms. The molecule has 7 rings (SSSR count). The molecule has 1 aliphatic carbocycles. The van der Waals surface area contributed by atoms with E-state index >= 15 is 0 Å². The van der Waals surface area contributed by atoms with Crippen LogP contribution >= 0.6 is 0 Å². The van der Waals surface area contributed by atoms with Gasteiger partial charge in [0.2, 0.25) is 0 Å². The van der Waals surface area contributed by atoms with Gasteiger partial charge in [-0.05, 0) is 116 Å². The Bertz CT molecular complexity index is 1890. The molecule has 2 aliphatic rings. The highest BCUT2D eigenvalue weighted by Gasteiger charge is 2.30. The van der Waals surface area contributed by atoms with Crippen molar-refractivity contribution in [2.24, 2.45) is 0 Å². The minimum absolute atomic E-state index is 0.250. The van der Waals surface area contributed by atoms with Crippen molar-refractivity contribution in [3.63, 3.8) is 0 Å². The number of piperidine rings is 1. The molecule has 7 nitrogen and oxygen atoms in total. The molecular formula is C41H43FN4O3. The quantitative estimate of drug-likeness (QED) is 0.133. The number of hydrogen-bond donors (Lipinski definition) is 0. The SMILES string of the molecule is COc1ccc(N(Cc2ccnc(-c3cc(OC)c(OC)c(C4CC4)c3)c2)C2CCN(Cc3ccnc(-c4cccc(F)c4)c3)CC2)cc1. The molecule has 0 atom stereocenters. The van der Waals surface area contributed by atoms with Gasteiger partial charge in [0.05, 0.1) is 32.7 Å². The summed E-state index contributed by atoms with van der Waals surface area (Å²) in [5.41, 5.74) is 8.33. The Labute approximate surface area is 288 Å². The summed E-state index contributed by atoms with van der Waals surface area (Å²) in [6.07, 6.45) is 8.15. The number of nitrogens with zero attached hydrogens (tertiary/aromatic N) is 4. The van der Waals surface area contributed by atoms with Gasteiger partial charge in [0.25, 0.3) is 0 Å². The van der Waals surface area contributed by atoms with Crippen LogP contribution in [0.2, 0.25) is 0 Å². The van der Waals surface area contributed by atoms with Crippen molar-refractivity contribution in [2.45, 2.75) is 50.7 Å².